The van der Waals surface area contributed by atoms with Crippen molar-refractivity contribution in [2.24, 2.45) is 0 Å². The van der Waals surface area contributed by atoms with Crippen LogP contribution in [0.4, 0.5) is 5.69 Å². The second-order valence-corrected chi connectivity index (χ2v) is 3.99. The Labute approximate surface area is 97.7 Å². The van der Waals surface area contributed by atoms with E-state index in [9.17, 15) is 0 Å². The highest BCUT2D eigenvalue weighted by molar-refractivity contribution is 6.02. The SMILES string of the molecule is C=C(CC)c1ccc(C(C)=N)c(N)c1CC. The molecule has 0 amide bonds. The van der Waals surface area contributed by atoms with Crippen LogP contribution in [0.25, 0.3) is 5.57 Å². The molecule has 0 spiro atoms. The van der Waals surface area contributed by atoms with Gasteiger partial charge in [0.05, 0.1) is 0 Å². The Bertz CT molecular complexity index is 431. The van der Waals surface area contributed by atoms with Crippen LogP contribution in [0.1, 0.15) is 43.9 Å². The molecule has 1 aromatic carbocycles. The molecule has 0 aliphatic rings. The zero-order valence-electron chi connectivity index (χ0n) is 10.4. The summed E-state index contributed by atoms with van der Waals surface area (Å²) in [6, 6.07) is 3.96. The van der Waals surface area contributed by atoms with Gasteiger partial charge in [0.25, 0.3) is 0 Å². The van der Waals surface area contributed by atoms with Crippen LogP contribution in [0.3, 0.4) is 0 Å². The average molecular weight is 216 g/mol. The molecule has 0 heterocycles. The molecular weight excluding hydrogens is 196 g/mol. The van der Waals surface area contributed by atoms with Gasteiger partial charge in [0.1, 0.15) is 0 Å². The Morgan fingerprint density at radius 2 is 1.88 bits per heavy atom. The molecule has 2 heteroatoms. The van der Waals surface area contributed by atoms with Crippen molar-refractivity contribution in [1.82, 2.24) is 0 Å². The number of nitrogen functional groups attached to an aromatic ring is 1. The van der Waals surface area contributed by atoms with Gasteiger partial charge in [-0.05, 0) is 36.5 Å². The lowest BCUT2D eigenvalue weighted by Gasteiger charge is -2.15. The molecule has 16 heavy (non-hydrogen) atoms. The van der Waals surface area contributed by atoms with Gasteiger partial charge in [0.2, 0.25) is 0 Å². The van der Waals surface area contributed by atoms with E-state index in [1.54, 1.807) is 6.92 Å². The van der Waals surface area contributed by atoms with Gasteiger partial charge in [-0.1, -0.05) is 32.6 Å². The number of rotatable bonds is 4. The van der Waals surface area contributed by atoms with Crippen LogP contribution in [-0.2, 0) is 6.42 Å². The smallest absolute Gasteiger partial charge is 0.0444 e. The monoisotopic (exact) mass is 216 g/mol. The standard InChI is InChI=1S/C14H20N2/c1-5-9(3)12-7-8-13(10(4)15)14(16)11(12)6-2/h7-8,15H,3,5-6,16H2,1-2,4H3. The van der Waals surface area contributed by atoms with Crippen LogP contribution in [-0.4, -0.2) is 5.71 Å². The first-order valence-electron chi connectivity index (χ1n) is 5.67. The number of allylic oxidation sites excluding steroid dienone is 1. The van der Waals surface area contributed by atoms with E-state index in [0.717, 1.165) is 40.8 Å². The minimum atomic E-state index is 0.515. The lowest BCUT2D eigenvalue weighted by atomic mass is 9.92. The van der Waals surface area contributed by atoms with Crippen LogP contribution in [0, 0.1) is 5.41 Å². The lowest BCUT2D eigenvalue weighted by Crippen LogP contribution is -2.06. The fourth-order valence-electron chi connectivity index (χ4n) is 1.89. The second-order valence-electron chi connectivity index (χ2n) is 3.99. The third-order valence-corrected chi connectivity index (χ3v) is 2.92. The van der Waals surface area contributed by atoms with E-state index < -0.39 is 0 Å². The summed E-state index contributed by atoms with van der Waals surface area (Å²) >= 11 is 0. The normalized spacial score (nSPS) is 10.2. The predicted molar refractivity (Wildman–Crippen MR) is 72.1 cm³/mol. The molecule has 0 atom stereocenters. The summed E-state index contributed by atoms with van der Waals surface area (Å²) in [5.41, 5.74) is 11.6. The molecule has 1 rings (SSSR count). The highest BCUT2D eigenvalue weighted by atomic mass is 14.6. The van der Waals surface area contributed by atoms with Gasteiger partial charge < -0.3 is 11.1 Å². The van der Waals surface area contributed by atoms with E-state index in [4.69, 9.17) is 11.1 Å². The summed E-state index contributed by atoms with van der Waals surface area (Å²) in [6.45, 7) is 10.00. The summed E-state index contributed by atoms with van der Waals surface area (Å²) in [5.74, 6) is 0. The highest BCUT2D eigenvalue weighted by Crippen LogP contribution is 2.28. The molecule has 1 aromatic rings. The summed E-state index contributed by atoms with van der Waals surface area (Å²) < 4.78 is 0. The molecule has 0 saturated heterocycles. The summed E-state index contributed by atoms with van der Waals surface area (Å²) in [6.07, 6.45) is 1.80. The summed E-state index contributed by atoms with van der Waals surface area (Å²) in [7, 11) is 0. The van der Waals surface area contributed by atoms with Crippen LogP contribution >= 0.6 is 0 Å². The van der Waals surface area contributed by atoms with Gasteiger partial charge in [0, 0.05) is 17.0 Å². The molecule has 0 radical (unpaired) electrons. The van der Waals surface area contributed by atoms with Gasteiger partial charge in [-0.2, -0.15) is 0 Å². The third kappa shape index (κ3) is 2.16. The molecule has 86 valence electrons. The fraction of sp³-hybridized carbons (Fsp3) is 0.357. The zero-order valence-corrected chi connectivity index (χ0v) is 10.4. The molecule has 3 N–H and O–H groups in total. The first-order chi connectivity index (χ1) is 7.52. The van der Waals surface area contributed by atoms with E-state index in [1.807, 2.05) is 12.1 Å². The molecule has 0 bridgehead atoms. The average Bonchev–Trinajstić information content (AvgIpc) is 2.26. The number of benzene rings is 1. The Morgan fingerprint density at radius 1 is 1.31 bits per heavy atom. The van der Waals surface area contributed by atoms with Gasteiger partial charge in [0.15, 0.2) is 0 Å². The Morgan fingerprint density at radius 3 is 2.31 bits per heavy atom. The van der Waals surface area contributed by atoms with Gasteiger partial charge in [-0.15, -0.1) is 0 Å². The lowest BCUT2D eigenvalue weighted by molar-refractivity contribution is 1.12. The van der Waals surface area contributed by atoms with Crippen molar-refractivity contribution in [1.29, 1.82) is 5.41 Å². The predicted octanol–water partition coefficient (Wildman–Crippen LogP) is 3.64. The van der Waals surface area contributed by atoms with Crippen molar-refractivity contribution in [2.45, 2.75) is 33.6 Å². The molecule has 0 unspecified atom stereocenters. The van der Waals surface area contributed by atoms with Gasteiger partial charge >= 0.3 is 0 Å². The summed E-state index contributed by atoms with van der Waals surface area (Å²) in [4.78, 5) is 0. The van der Waals surface area contributed by atoms with E-state index >= 15 is 0 Å². The van der Waals surface area contributed by atoms with Crippen molar-refractivity contribution in [3.05, 3.63) is 35.4 Å². The van der Waals surface area contributed by atoms with Crippen molar-refractivity contribution in [3.63, 3.8) is 0 Å². The third-order valence-electron chi connectivity index (χ3n) is 2.92. The Kier molecular flexibility index (Phi) is 3.88. The largest absolute Gasteiger partial charge is 0.398 e. The van der Waals surface area contributed by atoms with Crippen molar-refractivity contribution < 1.29 is 0 Å². The van der Waals surface area contributed by atoms with E-state index in [0.29, 0.717) is 5.71 Å². The van der Waals surface area contributed by atoms with Gasteiger partial charge in [-0.3, -0.25) is 0 Å². The van der Waals surface area contributed by atoms with Crippen LogP contribution in [0.15, 0.2) is 18.7 Å². The number of hydrogen-bond acceptors (Lipinski definition) is 2. The van der Waals surface area contributed by atoms with Crippen LogP contribution in [0.2, 0.25) is 0 Å². The van der Waals surface area contributed by atoms with Crippen LogP contribution in [0.5, 0.6) is 0 Å². The first-order valence-corrected chi connectivity index (χ1v) is 5.67. The minimum Gasteiger partial charge on any atom is -0.398 e. The van der Waals surface area contributed by atoms with E-state index in [1.165, 1.54) is 0 Å². The Hall–Kier alpha value is -1.57. The van der Waals surface area contributed by atoms with E-state index in [2.05, 4.69) is 20.4 Å². The first kappa shape index (κ1) is 12.5. The molecule has 0 aliphatic heterocycles. The van der Waals surface area contributed by atoms with Gasteiger partial charge in [-0.25, -0.2) is 0 Å². The fourth-order valence-corrected chi connectivity index (χ4v) is 1.89. The molecular formula is C14H20N2. The zero-order chi connectivity index (χ0) is 12.3. The topological polar surface area (TPSA) is 49.9 Å². The number of hydrogen-bond donors (Lipinski definition) is 2. The second kappa shape index (κ2) is 4.97. The van der Waals surface area contributed by atoms with Crippen LogP contribution < -0.4 is 5.73 Å². The maximum atomic E-state index is 7.67. The molecule has 0 aliphatic carbocycles. The highest BCUT2D eigenvalue weighted by Gasteiger charge is 2.11. The number of nitrogens with two attached hydrogens (primary N) is 1. The van der Waals surface area contributed by atoms with Crippen molar-refractivity contribution in [3.8, 4) is 0 Å². The van der Waals surface area contributed by atoms with E-state index in [-0.39, 0.29) is 0 Å². The molecule has 0 aromatic heterocycles. The number of nitrogens with one attached hydrogen (secondary N) is 1. The number of anilines is 1. The Balaban J connectivity index is 3.40. The quantitative estimate of drug-likeness (QED) is 0.586. The van der Waals surface area contributed by atoms with Crippen molar-refractivity contribution in [2.75, 3.05) is 5.73 Å². The van der Waals surface area contributed by atoms with Crippen molar-refractivity contribution >= 4 is 17.0 Å². The molecule has 0 fully saturated rings. The molecule has 0 saturated carbocycles. The minimum absolute atomic E-state index is 0.515. The molecule has 2 nitrogen and oxygen atoms in total. The summed E-state index contributed by atoms with van der Waals surface area (Å²) in [5, 5.41) is 7.67. The maximum absolute atomic E-state index is 7.67. The maximum Gasteiger partial charge on any atom is 0.0444 e.